The van der Waals surface area contributed by atoms with Crippen molar-refractivity contribution >= 4 is 41.3 Å². The van der Waals surface area contributed by atoms with Crippen LogP contribution in [0.1, 0.15) is 27.0 Å². The van der Waals surface area contributed by atoms with E-state index in [9.17, 15) is 43.2 Å². The Morgan fingerprint density at radius 3 is 2.05 bits per heavy atom. The standard InChI is InChI=1S/C21H23F3N2O8S3/c1-34-18-8-6-14(11-17(18)20(22,23)24)19(27)25-15-7-5-13-9-10-26(37(4,32)33)21(16(13)12-15,35(2,28)29)36(3,30)31/h5-8,11-12H,9-10H2,1-4H3,(H,25,27). The summed E-state index contributed by atoms with van der Waals surface area (Å²) < 4.78 is 119. The molecule has 0 atom stereocenters. The van der Waals surface area contributed by atoms with Gasteiger partial charge in [0.2, 0.25) is 10.0 Å². The van der Waals surface area contributed by atoms with E-state index in [0.717, 1.165) is 25.3 Å². The number of carbonyl (C=O) groups excluding carboxylic acids is 1. The number of hydrogen-bond acceptors (Lipinski definition) is 8. The molecular formula is C21H23F3N2O8S3. The van der Waals surface area contributed by atoms with Crippen LogP contribution in [0.2, 0.25) is 0 Å². The van der Waals surface area contributed by atoms with Crippen LogP contribution in [0.3, 0.4) is 0 Å². The molecule has 0 unspecified atom stereocenters. The van der Waals surface area contributed by atoms with Crippen molar-refractivity contribution in [2.24, 2.45) is 0 Å². The molecule has 1 N–H and O–H groups in total. The van der Waals surface area contributed by atoms with Crippen LogP contribution in [0.25, 0.3) is 0 Å². The van der Waals surface area contributed by atoms with Crippen LogP contribution in [-0.4, -0.2) is 67.9 Å². The summed E-state index contributed by atoms with van der Waals surface area (Å²) in [4.78, 5) is 12.8. The average molecular weight is 585 g/mol. The summed E-state index contributed by atoms with van der Waals surface area (Å²) in [5.41, 5.74) is -1.98. The van der Waals surface area contributed by atoms with Crippen molar-refractivity contribution in [3.8, 4) is 5.75 Å². The highest BCUT2D eigenvalue weighted by Crippen LogP contribution is 2.46. The van der Waals surface area contributed by atoms with E-state index in [-0.39, 0.29) is 17.7 Å². The number of hydrogen-bond donors (Lipinski definition) is 1. The Morgan fingerprint density at radius 2 is 1.57 bits per heavy atom. The second kappa shape index (κ2) is 9.25. The predicted molar refractivity (Wildman–Crippen MR) is 129 cm³/mol. The van der Waals surface area contributed by atoms with Gasteiger partial charge < -0.3 is 10.1 Å². The zero-order valence-corrected chi connectivity index (χ0v) is 22.4. The van der Waals surface area contributed by atoms with Crippen LogP contribution < -0.4 is 10.1 Å². The van der Waals surface area contributed by atoms with Gasteiger partial charge >= 0.3 is 6.18 Å². The highest BCUT2D eigenvalue weighted by molar-refractivity contribution is 8.09. The summed E-state index contributed by atoms with van der Waals surface area (Å²) in [5, 5.41) is 2.31. The van der Waals surface area contributed by atoms with Crippen molar-refractivity contribution in [2.45, 2.75) is 16.8 Å². The van der Waals surface area contributed by atoms with Crippen LogP contribution in [0.15, 0.2) is 36.4 Å². The Morgan fingerprint density at radius 1 is 0.973 bits per heavy atom. The number of anilines is 1. The van der Waals surface area contributed by atoms with Gasteiger partial charge in [0.1, 0.15) is 5.75 Å². The normalized spacial score (nSPS) is 16.6. The van der Waals surface area contributed by atoms with E-state index in [1.807, 2.05) is 0 Å². The number of nitrogens with zero attached hydrogens (tertiary/aromatic N) is 1. The van der Waals surface area contributed by atoms with Crippen molar-refractivity contribution in [1.82, 2.24) is 4.31 Å². The predicted octanol–water partition coefficient (Wildman–Crippen LogP) is 1.98. The number of sulfone groups is 2. The summed E-state index contributed by atoms with van der Waals surface area (Å²) in [6.07, 6.45) is -3.01. The van der Waals surface area contributed by atoms with Gasteiger partial charge in [0.15, 0.2) is 19.7 Å². The minimum absolute atomic E-state index is 0.0309. The molecule has 0 fully saturated rings. The molecule has 0 aliphatic carbocycles. The molecule has 1 aliphatic rings. The zero-order chi connectivity index (χ0) is 28.2. The first-order valence-corrected chi connectivity index (χ1v) is 15.9. The Bertz CT molecular complexity index is 1550. The first-order valence-electron chi connectivity index (χ1n) is 10.3. The lowest BCUT2D eigenvalue weighted by atomic mass is 9.99. The van der Waals surface area contributed by atoms with Crippen molar-refractivity contribution in [3.63, 3.8) is 0 Å². The van der Waals surface area contributed by atoms with Gasteiger partial charge in [-0.1, -0.05) is 6.07 Å². The van der Waals surface area contributed by atoms with E-state index >= 15 is 0 Å². The van der Waals surface area contributed by atoms with Crippen LogP contribution in [0.4, 0.5) is 18.9 Å². The zero-order valence-electron chi connectivity index (χ0n) is 20.0. The van der Waals surface area contributed by atoms with E-state index in [1.165, 1.54) is 12.1 Å². The molecule has 0 saturated heterocycles. The number of nitrogens with one attached hydrogen (secondary N) is 1. The van der Waals surface area contributed by atoms with Crippen LogP contribution in [0.5, 0.6) is 5.75 Å². The maximum atomic E-state index is 13.4. The van der Waals surface area contributed by atoms with Crippen LogP contribution in [-0.2, 0) is 46.5 Å². The number of benzene rings is 2. The van der Waals surface area contributed by atoms with E-state index in [2.05, 4.69) is 5.32 Å². The molecule has 37 heavy (non-hydrogen) atoms. The van der Waals surface area contributed by atoms with E-state index in [0.29, 0.717) is 29.1 Å². The number of alkyl halides is 3. The molecule has 10 nitrogen and oxygen atoms in total. The Labute approximate surface area is 212 Å². The van der Waals surface area contributed by atoms with Crippen LogP contribution in [0, 0.1) is 0 Å². The minimum atomic E-state index is -4.83. The monoisotopic (exact) mass is 584 g/mol. The average Bonchev–Trinajstić information content (AvgIpc) is 2.74. The van der Waals surface area contributed by atoms with E-state index in [4.69, 9.17) is 4.74 Å². The second-order valence-electron chi connectivity index (χ2n) is 8.45. The molecule has 0 bridgehead atoms. The van der Waals surface area contributed by atoms with Gasteiger partial charge in [0.25, 0.3) is 10.1 Å². The van der Waals surface area contributed by atoms with Crippen LogP contribution >= 0.6 is 0 Å². The largest absolute Gasteiger partial charge is 0.496 e. The summed E-state index contributed by atoms with van der Waals surface area (Å²) in [6, 6.07) is 6.22. The lowest BCUT2D eigenvalue weighted by Crippen LogP contribution is -2.61. The lowest BCUT2D eigenvalue weighted by molar-refractivity contribution is -0.138. The molecule has 204 valence electrons. The Hall–Kier alpha value is -2.69. The molecule has 3 rings (SSSR count). The number of methoxy groups -OCH3 is 1. The quantitative estimate of drug-likeness (QED) is 0.543. The van der Waals surface area contributed by atoms with Gasteiger partial charge in [-0.3, -0.25) is 4.79 Å². The SMILES string of the molecule is COc1ccc(C(=O)Nc2ccc3c(c2)C(S(C)(=O)=O)(S(C)(=O)=O)N(S(C)(=O)=O)CC3)cc1C(F)(F)F. The third-order valence-corrected chi connectivity index (χ3v) is 12.0. The summed E-state index contributed by atoms with van der Waals surface area (Å²) in [5.74, 6) is -1.53. The number of fused-ring (bicyclic) bond motifs is 1. The molecule has 0 saturated carbocycles. The molecule has 0 radical (unpaired) electrons. The highest BCUT2D eigenvalue weighted by atomic mass is 32.3. The number of halogens is 3. The molecule has 0 aromatic heterocycles. The molecule has 1 heterocycles. The van der Waals surface area contributed by atoms with Crippen molar-refractivity contribution < 1.29 is 48.0 Å². The fraction of sp³-hybridized carbons (Fsp3) is 0.381. The number of amides is 1. The van der Waals surface area contributed by atoms with Crippen molar-refractivity contribution in [3.05, 3.63) is 58.7 Å². The molecule has 2 aromatic rings. The molecular weight excluding hydrogens is 561 g/mol. The number of rotatable bonds is 6. The fourth-order valence-corrected chi connectivity index (χ4v) is 11.3. The summed E-state index contributed by atoms with van der Waals surface area (Å²) in [7, 11) is -12.8. The smallest absolute Gasteiger partial charge is 0.419 e. The van der Waals surface area contributed by atoms with Gasteiger partial charge in [-0.15, -0.1) is 0 Å². The Balaban J connectivity index is 2.18. The maximum Gasteiger partial charge on any atom is 0.419 e. The number of ether oxygens (including phenoxy) is 1. The summed E-state index contributed by atoms with van der Waals surface area (Å²) >= 11 is 0. The molecule has 1 amide bonds. The number of sulfonamides is 1. The first kappa shape index (κ1) is 28.9. The van der Waals surface area contributed by atoms with Gasteiger partial charge in [-0.25, -0.2) is 25.3 Å². The lowest BCUT2D eigenvalue weighted by Gasteiger charge is -2.43. The second-order valence-corrected chi connectivity index (χ2v) is 14.9. The van der Waals surface area contributed by atoms with Gasteiger partial charge in [-0.05, 0) is 42.3 Å². The molecule has 2 aromatic carbocycles. The minimum Gasteiger partial charge on any atom is -0.496 e. The topological polar surface area (TPSA) is 144 Å². The third kappa shape index (κ3) is 5.06. The molecule has 1 aliphatic heterocycles. The van der Waals surface area contributed by atoms with Gasteiger partial charge in [0, 0.05) is 35.9 Å². The number of carbonyl (C=O) groups is 1. The third-order valence-electron chi connectivity index (χ3n) is 5.79. The van der Waals surface area contributed by atoms with Crippen molar-refractivity contribution in [1.29, 1.82) is 0 Å². The van der Waals surface area contributed by atoms with Crippen molar-refractivity contribution in [2.75, 3.05) is 37.7 Å². The maximum absolute atomic E-state index is 13.4. The van der Waals surface area contributed by atoms with Gasteiger partial charge in [-0.2, -0.15) is 17.5 Å². The molecule has 0 spiro atoms. The first-order chi connectivity index (χ1) is 16.7. The van der Waals surface area contributed by atoms with E-state index < -0.39 is 75.0 Å². The highest BCUT2D eigenvalue weighted by Gasteiger charge is 2.62. The Kier molecular flexibility index (Phi) is 7.22. The van der Waals surface area contributed by atoms with E-state index in [1.54, 1.807) is 0 Å². The molecule has 16 heteroatoms. The summed E-state index contributed by atoms with van der Waals surface area (Å²) in [6.45, 7) is -0.441. The van der Waals surface area contributed by atoms with Gasteiger partial charge in [0.05, 0.1) is 18.9 Å². The fourth-order valence-electron chi connectivity index (χ4n) is 4.37.